The predicted octanol–water partition coefficient (Wildman–Crippen LogP) is 1.99. The number of nitrogens with zero attached hydrogens (tertiary/aromatic N) is 3. The van der Waals surface area contributed by atoms with E-state index in [0.717, 1.165) is 62.0 Å². The number of rotatable bonds is 6. The molecule has 1 atom stereocenters. The van der Waals surface area contributed by atoms with E-state index in [0.29, 0.717) is 0 Å². The summed E-state index contributed by atoms with van der Waals surface area (Å²) in [5.41, 5.74) is 7.16. The van der Waals surface area contributed by atoms with Crippen LogP contribution in [0.25, 0.3) is 0 Å². The molecule has 8 heteroatoms. The van der Waals surface area contributed by atoms with Gasteiger partial charge in [0.25, 0.3) is 0 Å². The fourth-order valence-corrected chi connectivity index (χ4v) is 3.76. The first-order valence-corrected chi connectivity index (χ1v) is 10.0. The first-order chi connectivity index (χ1) is 10.6. The van der Waals surface area contributed by atoms with Crippen molar-refractivity contribution in [3.8, 4) is 0 Å². The molecule has 0 saturated carbocycles. The molecule has 23 heavy (non-hydrogen) atoms. The van der Waals surface area contributed by atoms with Gasteiger partial charge in [0.1, 0.15) is 0 Å². The Morgan fingerprint density at radius 3 is 2.87 bits per heavy atom. The van der Waals surface area contributed by atoms with Gasteiger partial charge in [-0.25, -0.2) is 4.98 Å². The number of thiazole rings is 1. The summed E-state index contributed by atoms with van der Waals surface area (Å²) in [4.78, 5) is 21.2. The van der Waals surface area contributed by atoms with Gasteiger partial charge in [0, 0.05) is 38.1 Å². The van der Waals surface area contributed by atoms with Crippen LogP contribution in [-0.2, 0) is 11.3 Å². The molecule has 2 rings (SSSR count). The lowest BCUT2D eigenvalue weighted by atomic mass is 10.2. The summed E-state index contributed by atoms with van der Waals surface area (Å²) >= 11 is 3.43. The molecule has 5 nitrogen and oxygen atoms in total. The second kappa shape index (κ2) is 10.5. The van der Waals surface area contributed by atoms with Gasteiger partial charge >= 0.3 is 0 Å². The zero-order chi connectivity index (χ0) is 15.9. The third kappa shape index (κ3) is 6.58. The van der Waals surface area contributed by atoms with Crippen LogP contribution < -0.4 is 5.73 Å². The quantitative estimate of drug-likeness (QED) is 0.820. The van der Waals surface area contributed by atoms with Crippen LogP contribution in [0.5, 0.6) is 0 Å². The van der Waals surface area contributed by atoms with Gasteiger partial charge in [-0.1, -0.05) is 0 Å². The van der Waals surface area contributed by atoms with Gasteiger partial charge in [-0.2, -0.15) is 11.8 Å². The predicted molar refractivity (Wildman–Crippen MR) is 102 cm³/mol. The third-order valence-corrected chi connectivity index (χ3v) is 5.37. The summed E-state index contributed by atoms with van der Waals surface area (Å²) in [5.74, 6) is 1.05. The van der Waals surface area contributed by atoms with Crippen LogP contribution in [0.4, 0.5) is 0 Å². The lowest BCUT2D eigenvalue weighted by Crippen LogP contribution is -2.45. The number of carbonyl (C=O) groups excluding carboxylic acids is 1. The lowest BCUT2D eigenvalue weighted by Gasteiger charge is -2.24. The van der Waals surface area contributed by atoms with E-state index in [9.17, 15) is 4.79 Å². The maximum atomic E-state index is 12.4. The largest absolute Gasteiger partial charge is 0.340 e. The number of halogens is 1. The van der Waals surface area contributed by atoms with Crippen molar-refractivity contribution in [1.29, 1.82) is 0 Å². The van der Waals surface area contributed by atoms with Crippen molar-refractivity contribution in [3.63, 3.8) is 0 Å². The van der Waals surface area contributed by atoms with Gasteiger partial charge in [0.15, 0.2) is 0 Å². The number of carbonyl (C=O) groups is 1. The van der Waals surface area contributed by atoms with E-state index in [1.165, 1.54) is 0 Å². The van der Waals surface area contributed by atoms with Crippen molar-refractivity contribution in [2.75, 3.05) is 38.2 Å². The molecule has 1 fully saturated rings. The molecule has 1 aliphatic heterocycles. The SMILES string of the molecule is CSCC[C@H](N)C(=O)N1CCCN(Cc2csc(C)n2)CC1.Cl. The number of thioether (sulfide) groups is 1. The maximum absolute atomic E-state index is 12.4. The van der Waals surface area contributed by atoms with Crippen molar-refractivity contribution in [1.82, 2.24) is 14.8 Å². The molecule has 0 radical (unpaired) electrons. The van der Waals surface area contributed by atoms with Gasteiger partial charge in [0.2, 0.25) is 5.91 Å². The van der Waals surface area contributed by atoms with Crippen LogP contribution in [0.15, 0.2) is 5.38 Å². The Morgan fingerprint density at radius 1 is 1.43 bits per heavy atom. The van der Waals surface area contributed by atoms with E-state index in [2.05, 4.69) is 15.3 Å². The molecule has 1 aromatic heterocycles. The Labute approximate surface area is 153 Å². The van der Waals surface area contributed by atoms with Crippen LogP contribution in [0, 0.1) is 6.92 Å². The van der Waals surface area contributed by atoms with Gasteiger partial charge in [-0.05, 0) is 31.8 Å². The van der Waals surface area contributed by atoms with Gasteiger partial charge < -0.3 is 10.6 Å². The molecule has 1 aliphatic rings. The van der Waals surface area contributed by atoms with E-state index in [1.54, 1.807) is 23.1 Å². The van der Waals surface area contributed by atoms with E-state index in [1.807, 2.05) is 18.1 Å². The summed E-state index contributed by atoms with van der Waals surface area (Å²) in [6.45, 7) is 6.42. The topological polar surface area (TPSA) is 62.5 Å². The number of hydrogen-bond donors (Lipinski definition) is 1. The number of aromatic nitrogens is 1. The average molecular weight is 379 g/mol. The molecular formula is C15H27ClN4OS2. The summed E-state index contributed by atoms with van der Waals surface area (Å²) in [7, 11) is 0. The minimum absolute atomic E-state index is 0. The summed E-state index contributed by atoms with van der Waals surface area (Å²) < 4.78 is 0. The molecule has 0 aliphatic carbocycles. The summed E-state index contributed by atoms with van der Waals surface area (Å²) in [6.07, 6.45) is 3.81. The normalized spacial score (nSPS) is 17.4. The molecule has 2 heterocycles. The Hall–Kier alpha value is -0.340. The fourth-order valence-electron chi connectivity index (χ4n) is 2.66. The number of hydrogen-bond acceptors (Lipinski definition) is 6. The van der Waals surface area contributed by atoms with Crippen LogP contribution >= 0.6 is 35.5 Å². The minimum atomic E-state index is -0.347. The highest BCUT2D eigenvalue weighted by atomic mass is 35.5. The van der Waals surface area contributed by atoms with Crippen LogP contribution in [0.1, 0.15) is 23.5 Å². The van der Waals surface area contributed by atoms with Crippen LogP contribution in [0.2, 0.25) is 0 Å². The van der Waals surface area contributed by atoms with Crippen LogP contribution in [0.3, 0.4) is 0 Å². The lowest BCUT2D eigenvalue weighted by molar-refractivity contribution is -0.132. The molecule has 1 saturated heterocycles. The molecule has 1 aromatic rings. The standard InChI is InChI=1S/C15H26N4OS2.ClH/c1-12-17-13(11-22-12)10-18-5-3-6-19(8-7-18)15(20)14(16)4-9-21-2;/h11,14H,3-10,16H2,1-2H3;1H/t14-;/m0./s1. The number of amides is 1. The maximum Gasteiger partial charge on any atom is 0.239 e. The van der Waals surface area contributed by atoms with Crippen molar-refractivity contribution >= 4 is 41.4 Å². The first-order valence-electron chi connectivity index (χ1n) is 7.77. The molecule has 0 spiro atoms. The zero-order valence-electron chi connectivity index (χ0n) is 13.9. The summed E-state index contributed by atoms with van der Waals surface area (Å²) in [6, 6.07) is -0.347. The van der Waals surface area contributed by atoms with Gasteiger partial charge in [-0.15, -0.1) is 23.7 Å². The molecule has 132 valence electrons. The molecule has 0 unspecified atom stereocenters. The second-order valence-electron chi connectivity index (χ2n) is 5.70. The first kappa shape index (κ1) is 20.7. The van der Waals surface area contributed by atoms with E-state index < -0.39 is 0 Å². The van der Waals surface area contributed by atoms with Crippen molar-refractivity contribution in [2.24, 2.45) is 5.73 Å². The smallest absolute Gasteiger partial charge is 0.239 e. The highest BCUT2D eigenvalue weighted by molar-refractivity contribution is 7.98. The molecule has 1 amide bonds. The van der Waals surface area contributed by atoms with Crippen molar-refractivity contribution in [3.05, 3.63) is 16.1 Å². The summed E-state index contributed by atoms with van der Waals surface area (Å²) in [5, 5.41) is 3.24. The number of aryl methyl sites for hydroxylation is 1. The zero-order valence-corrected chi connectivity index (χ0v) is 16.3. The Kier molecular flexibility index (Phi) is 9.46. The molecule has 2 N–H and O–H groups in total. The monoisotopic (exact) mass is 378 g/mol. The van der Waals surface area contributed by atoms with Crippen LogP contribution in [-0.4, -0.2) is 64.9 Å². The Morgan fingerprint density at radius 2 is 2.22 bits per heavy atom. The number of nitrogens with two attached hydrogens (primary N) is 1. The highest BCUT2D eigenvalue weighted by Gasteiger charge is 2.23. The molecular weight excluding hydrogens is 352 g/mol. The van der Waals surface area contributed by atoms with Crippen molar-refractivity contribution in [2.45, 2.75) is 32.4 Å². The molecule has 0 bridgehead atoms. The Bertz CT molecular complexity index is 486. The molecule has 0 aromatic carbocycles. The fraction of sp³-hybridized carbons (Fsp3) is 0.733. The minimum Gasteiger partial charge on any atom is -0.340 e. The second-order valence-corrected chi connectivity index (χ2v) is 7.75. The van der Waals surface area contributed by atoms with Gasteiger partial charge in [0.05, 0.1) is 16.7 Å². The van der Waals surface area contributed by atoms with E-state index in [4.69, 9.17) is 5.73 Å². The van der Waals surface area contributed by atoms with Crippen molar-refractivity contribution < 1.29 is 4.79 Å². The Balaban J connectivity index is 0.00000264. The average Bonchev–Trinajstić information content (AvgIpc) is 2.78. The van der Waals surface area contributed by atoms with E-state index in [-0.39, 0.29) is 24.4 Å². The highest BCUT2D eigenvalue weighted by Crippen LogP contribution is 2.13. The third-order valence-electron chi connectivity index (χ3n) is 3.90. The van der Waals surface area contributed by atoms with Gasteiger partial charge in [-0.3, -0.25) is 9.69 Å². The van der Waals surface area contributed by atoms with E-state index >= 15 is 0 Å².